The quantitative estimate of drug-likeness (QED) is 0.577. The van der Waals surface area contributed by atoms with Crippen molar-refractivity contribution in [2.45, 2.75) is 6.92 Å². The summed E-state index contributed by atoms with van der Waals surface area (Å²) < 4.78 is 10.9. The fourth-order valence-corrected chi connectivity index (χ4v) is 2.77. The number of anilines is 3. The van der Waals surface area contributed by atoms with Crippen LogP contribution in [0.15, 0.2) is 60.8 Å². The van der Waals surface area contributed by atoms with Gasteiger partial charge in [0.25, 0.3) is 5.91 Å². The third-order valence-corrected chi connectivity index (χ3v) is 4.12. The lowest BCUT2D eigenvalue weighted by molar-refractivity contribution is 0.102. The molecule has 3 aromatic rings. The molecule has 0 unspecified atom stereocenters. The normalized spacial score (nSPS) is 10.2. The Bertz CT molecular complexity index is 979. The van der Waals surface area contributed by atoms with Crippen LogP contribution in [-0.2, 0) is 0 Å². The minimum Gasteiger partial charge on any atom is -0.495 e. The summed E-state index contributed by atoms with van der Waals surface area (Å²) in [6.07, 6.45) is 1.57. The molecule has 1 aromatic heterocycles. The Kier molecular flexibility index (Phi) is 6.34. The van der Waals surface area contributed by atoms with Crippen molar-refractivity contribution in [3.8, 4) is 11.5 Å². The fourth-order valence-electron chi connectivity index (χ4n) is 2.60. The zero-order valence-electron chi connectivity index (χ0n) is 15.5. The molecule has 0 bridgehead atoms. The smallest absolute Gasteiger partial charge is 0.255 e. The number of carbonyl (C=O) groups is 1. The number of hydrogen-bond donors (Lipinski definition) is 2. The molecule has 144 valence electrons. The Morgan fingerprint density at radius 3 is 2.68 bits per heavy atom. The lowest BCUT2D eigenvalue weighted by Crippen LogP contribution is -2.13. The standard InChI is InChI=1S/C21H20ClN3O3/c1-3-28-19-7-5-4-6-16(19)24-20-12-14(10-11-23-20)21(26)25-17-13-15(22)8-9-18(17)27-2/h4-13H,3H2,1-2H3,(H,23,24)(H,25,26). The molecule has 0 fully saturated rings. The highest BCUT2D eigenvalue weighted by Gasteiger charge is 2.12. The van der Waals surface area contributed by atoms with Crippen molar-refractivity contribution >= 4 is 34.7 Å². The van der Waals surface area contributed by atoms with E-state index in [2.05, 4.69) is 15.6 Å². The topological polar surface area (TPSA) is 72.5 Å². The maximum Gasteiger partial charge on any atom is 0.255 e. The molecule has 2 N–H and O–H groups in total. The molecule has 1 heterocycles. The molecule has 3 rings (SSSR count). The van der Waals surface area contributed by atoms with Crippen LogP contribution in [0.4, 0.5) is 17.2 Å². The van der Waals surface area contributed by atoms with E-state index in [1.807, 2.05) is 31.2 Å². The van der Waals surface area contributed by atoms with Gasteiger partial charge in [0.1, 0.15) is 17.3 Å². The number of halogens is 1. The van der Waals surface area contributed by atoms with Gasteiger partial charge in [-0.25, -0.2) is 4.98 Å². The lowest BCUT2D eigenvalue weighted by atomic mass is 10.2. The highest BCUT2D eigenvalue weighted by atomic mass is 35.5. The monoisotopic (exact) mass is 397 g/mol. The number of para-hydroxylation sites is 2. The van der Waals surface area contributed by atoms with Crippen molar-refractivity contribution in [2.24, 2.45) is 0 Å². The SMILES string of the molecule is CCOc1ccccc1Nc1cc(C(=O)Nc2cc(Cl)ccc2OC)ccn1. The average molecular weight is 398 g/mol. The van der Waals surface area contributed by atoms with Crippen LogP contribution in [-0.4, -0.2) is 24.6 Å². The number of carbonyl (C=O) groups excluding carboxylic acids is 1. The summed E-state index contributed by atoms with van der Waals surface area (Å²) in [6.45, 7) is 2.47. The van der Waals surface area contributed by atoms with E-state index in [0.29, 0.717) is 40.2 Å². The number of rotatable bonds is 7. The number of benzene rings is 2. The van der Waals surface area contributed by atoms with Gasteiger partial charge in [0.05, 0.1) is 25.1 Å². The van der Waals surface area contributed by atoms with E-state index in [-0.39, 0.29) is 5.91 Å². The first-order valence-electron chi connectivity index (χ1n) is 8.70. The van der Waals surface area contributed by atoms with Crippen molar-refractivity contribution in [3.63, 3.8) is 0 Å². The molecule has 0 aliphatic rings. The summed E-state index contributed by atoms with van der Waals surface area (Å²) in [4.78, 5) is 17.0. The second-order valence-electron chi connectivity index (χ2n) is 5.78. The van der Waals surface area contributed by atoms with Gasteiger partial charge >= 0.3 is 0 Å². The second-order valence-corrected chi connectivity index (χ2v) is 6.22. The average Bonchev–Trinajstić information content (AvgIpc) is 2.70. The van der Waals surface area contributed by atoms with Gasteiger partial charge in [-0.15, -0.1) is 0 Å². The number of pyridine rings is 1. The third-order valence-electron chi connectivity index (χ3n) is 3.88. The van der Waals surface area contributed by atoms with Crippen LogP contribution in [0.2, 0.25) is 5.02 Å². The summed E-state index contributed by atoms with van der Waals surface area (Å²) in [6, 6.07) is 15.9. The number of nitrogens with one attached hydrogen (secondary N) is 2. The van der Waals surface area contributed by atoms with Crippen LogP contribution < -0.4 is 20.1 Å². The predicted octanol–water partition coefficient (Wildman–Crippen LogP) is 5.14. The Morgan fingerprint density at radius 1 is 1.07 bits per heavy atom. The Morgan fingerprint density at radius 2 is 1.89 bits per heavy atom. The van der Waals surface area contributed by atoms with Gasteiger partial charge in [0.15, 0.2) is 0 Å². The molecular formula is C21H20ClN3O3. The molecule has 0 aliphatic carbocycles. The number of methoxy groups -OCH3 is 1. The number of nitrogens with zero attached hydrogens (tertiary/aromatic N) is 1. The molecule has 0 atom stereocenters. The first-order valence-corrected chi connectivity index (χ1v) is 9.08. The van der Waals surface area contributed by atoms with E-state index in [1.165, 1.54) is 7.11 Å². The van der Waals surface area contributed by atoms with Crippen LogP contribution in [0, 0.1) is 0 Å². The molecule has 1 amide bonds. The van der Waals surface area contributed by atoms with Crippen LogP contribution >= 0.6 is 11.6 Å². The Labute approximate surface area is 168 Å². The summed E-state index contributed by atoms with van der Waals surface area (Å²) in [7, 11) is 1.53. The van der Waals surface area contributed by atoms with Gasteiger partial charge in [0, 0.05) is 16.8 Å². The third kappa shape index (κ3) is 4.72. The zero-order valence-corrected chi connectivity index (χ0v) is 16.3. The number of ether oxygens (including phenoxy) is 2. The van der Waals surface area contributed by atoms with Crippen molar-refractivity contribution in [3.05, 3.63) is 71.4 Å². The van der Waals surface area contributed by atoms with Gasteiger partial charge in [-0.3, -0.25) is 4.79 Å². The van der Waals surface area contributed by atoms with Gasteiger partial charge in [-0.1, -0.05) is 23.7 Å². The minimum absolute atomic E-state index is 0.302. The molecule has 0 radical (unpaired) electrons. The summed E-state index contributed by atoms with van der Waals surface area (Å²) >= 11 is 6.02. The predicted molar refractivity (Wildman–Crippen MR) is 111 cm³/mol. The van der Waals surface area contributed by atoms with E-state index >= 15 is 0 Å². The van der Waals surface area contributed by atoms with Crippen LogP contribution in [0.3, 0.4) is 0 Å². The van der Waals surface area contributed by atoms with Crippen molar-refractivity contribution in [1.82, 2.24) is 4.98 Å². The maximum absolute atomic E-state index is 12.7. The van der Waals surface area contributed by atoms with E-state index in [4.69, 9.17) is 21.1 Å². The fraction of sp³-hybridized carbons (Fsp3) is 0.143. The van der Waals surface area contributed by atoms with Crippen LogP contribution in [0.1, 0.15) is 17.3 Å². The zero-order chi connectivity index (χ0) is 19.9. The first-order chi connectivity index (χ1) is 13.6. The summed E-state index contributed by atoms with van der Waals surface area (Å²) in [5.41, 5.74) is 1.70. The van der Waals surface area contributed by atoms with Crippen molar-refractivity contribution < 1.29 is 14.3 Å². The van der Waals surface area contributed by atoms with E-state index in [9.17, 15) is 4.79 Å². The second kappa shape index (κ2) is 9.10. The van der Waals surface area contributed by atoms with Crippen molar-refractivity contribution in [2.75, 3.05) is 24.4 Å². The van der Waals surface area contributed by atoms with E-state index in [1.54, 1.807) is 36.5 Å². The largest absolute Gasteiger partial charge is 0.495 e. The molecule has 6 nitrogen and oxygen atoms in total. The maximum atomic E-state index is 12.7. The molecule has 0 spiro atoms. The molecule has 28 heavy (non-hydrogen) atoms. The molecule has 2 aromatic carbocycles. The molecular weight excluding hydrogens is 378 g/mol. The van der Waals surface area contributed by atoms with Gasteiger partial charge in [-0.2, -0.15) is 0 Å². The first kappa shape index (κ1) is 19.5. The highest BCUT2D eigenvalue weighted by Crippen LogP contribution is 2.29. The Hall–Kier alpha value is -3.25. The minimum atomic E-state index is -0.302. The Balaban J connectivity index is 1.80. The van der Waals surface area contributed by atoms with Crippen molar-refractivity contribution in [1.29, 1.82) is 0 Å². The van der Waals surface area contributed by atoms with Crippen LogP contribution in [0.5, 0.6) is 11.5 Å². The molecule has 0 aliphatic heterocycles. The number of amides is 1. The highest BCUT2D eigenvalue weighted by molar-refractivity contribution is 6.31. The molecule has 0 saturated heterocycles. The molecule has 0 saturated carbocycles. The van der Waals surface area contributed by atoms with E-state index < -0.39 is 0 Å². The summed E-state index contributed by atoms with van der Waals surface area (Å²) in [5, 5.41) is 6.50. The molecule has 7 heteroatoms. The number of aromatic nitrogens is 1. The van der Waals surface area contributed by atoms with Gasteiger partial charge in [-0.05, 0) is 49.4 Å². The van der Waals surface area contributed by atoms with Gasteiger partial charge < -0.3 is 20.1 Å². The lowest BCUT2D eigenvalue weighted by Gasteiger charge is -2.13. The summed E-state index contributed by atoms with van der Waals surface area (Å²) in [5.74, 6) is 1.46. The van der Waals surface area contributed by atoms with Crippen LogP contribution in [0.25, 0.3) is 0 Å². The van der Waals surface area contributed by atoms with E-state index in [0.717, 1.165) is 5.69 Å². The number of hydrogen-bond acceptors (Lipinski definition) is 5. The van der Waals surface area contributed by atoms with Gasteiger partial charge in [0.2, 0.25) is 0 Å².